The van der Waals surface area contributed by atoms with Gasteiger partial charge >= 0.3 is 5.97 Å². The Morgan fingerprint density at radius 2 is 1.94 bits per heavy atom. The highest BCUT2D eigenvalue weighted by Crippen LogP contribution is 2.16. The van der Waals surface area contributed by atoms with Crippen molar-refractivity contribution in [2.45, 2.75) is 51.4 Å². The first-order valence-corrected chi connectivity index (χ1v) is 6.43. The second kappa shape index (κ2) is 6.93. The molecule has 0 amide bonds. The van der Waals surface area contributed by atoms with E-state index >= 15 is 0 Å². The molecule has 0 radical (unpaired) electrons. The Hall–Kier alpha value is -0.650. The van der Waals surface area contributed by atoms with Crippen LogP contribution in [-0.2, 0) is 9.53 Å². The Bertz CT molecular complexity index is 236. The molecule has 1 heterocycles. The molecule has 0 spiro atoms. The van der Waals surface area contributed by atoms with E-state index in [1.165, 1.54) is 0 Å². The van der Waals surface area contributed by atoms with Crippen molar-refractivity contribution in [2.24, 2.45) is 5.73 Å². The fourth-order valence-electron chi connectivity index (χ4n) is 2.09. The normalized spacial score (nSPS) is 27.9. The van der Waals surface area contributed by atoms with Gasteiger partial charge in [0, 0.05) is 19.6 Å². The molecule has 5 heteroatoms. The lowest BCUT2D eigenvalue weighted by Gasteiger charge is -2.37. The van der Waals surface area contributed by atoms with Gasteiger partial charge in [-0.3, -0.25) is 9.69 Å². The number of nitrogens with zero attached hydrogens (tertiary/aromatic N) is 1. The van der Waals surface area contributed by atoms with Gasteiger partial charge in [-0.15, -0.1) is 0 Å². The number of carboxylic acid groups (broad SMARTS) is 1. The van der Waals surface area contributed by atoms with E-state index in [-0.39, 0.29) is 12.2 Å². The highest BCUT2D eigenvalue weighted by atomic mass is 16.5. The molecular formula is C12H24N2O3. The first-order valence-electron chi connectivity index (χ1n) is 6.43. The quantitative estimate of drug-likeness (QED) is 0.718. The fourth-order valence-corrected chi connectivity index (χ4v) is 2.09. The van der Waals surface area contributed by atoms with Crippen LogP contribution in [0.4, 0.5) is 0 Å². The van der Waals surface area contributed by atoms with Gasteiger partial charge in [0.05, 0.1) is 12.2 Å². The van der Waals surface area contributed by atoms with Crippen molar-refractivity contribution < 1.29 is 14.6 Å². The van der Waals surface area contributed by atoms with Gasteiger partial charge < -0.3 is 15.6 Å². The van der Waals surface area contributed by atoms with Crippen molar-refractivity contribution in [2.75, 3.05) is 19.6 Å². The molecule has 100 valence electrons. The van der Waals surface area contributed by atoms with Crippen LogP contribution < -0.4 is 5.73 Å². The van der Waals surface area contributed by atoms with E-state index < -0.39 is 12.0 Å². The average molecular weight is 244 g/mol. The predicted molar refractivity (Wildman–Crippen MR) is 65.9 cm³/mol. The van der Waals surface area contributed by atoms with E-state index in [4.69, 9.17) is 15.6 Å². The minimum Gasteiger partial charge on any atom is -0.480 e. The molecule has 5 nitrogen and oxygen atoms in total. The molecule has 0 saturated carbocycles. The fraction of sp³-hybridized carbons (Fsp3) is 0.917. The Morgan fingerprint density at radius 1 is 1.41 bits per heavy atom. The van der Waals surface area contributed by atoms with Crippen LogP contribution in [0.3, 0.4) is 0 Å². The van der Waals surface area contributed by atoms with Gasteiger partial charge in [-0.2, -0.15) is 0 Å². The molecular weight excluding hydrogens is 220 g/mol. The molecule has 0 aromatic heterocycles. The summed E-state index contributed by atoms with van der Waals surface area (Å²) in [6.07, 6.45) is 3.04. The summed E-state index contributed by atoms with van der Waals surface area (Å²) < 4.78 is 5.88. The van der Waals surface area contributed by atoms with Gasteiger partial charge in [-0.25, -0.2) is 0 Å². The number of rotatable bonds is 6. The monoisotopic (exact) mass is 244 g/mol. The van der Waals surface area contributed by atoms with Crippen LogP contribution in [0, 0.1) is 0 Å². The lowest BCUT2D eigenvalue weighted by molar-refractivity contribution is -0.139. The first kappa shape index (κ1) is 14.4. The summed E-state index contributed by atoms with van der Waals surface area (Å²) in [6.45, 7) is 6.75. The predicted octanol–water partition coefficient (Wildman–Crippen LogP) is 0.678. The van der Waals surface area contributed by atoms with E-state index in [2.05, 4.69) is 18.7 Å². The lowest BCUT2D eigenvalue weighted by Crippen LogP contribution is -2.48. The van der Waals surface area contributed by atoms with Crippen molar-refractivity contribution in [1.29, 1.82) is 0 Å². The van der Waals surface area contributed by atoms with Gasteiger partial charge in [-0.1, -0.05) is 13.8 Å². The van der Waals surface area contributed by atoms with Crippen molar-refractivity contribution in [3.8, 4) is 0 Å². The van der Waals surface area contributed by atoms with E-state index in [0.29, 0.717) is 6.42 Å². The van der Waals surface area contributed by atoms with Gasteiger partial charge in [0.2, 0.25) is 0 Å². The number of hydrogen-bond donors (Lipinski definition) is 2. The second-order valence-corrected chi connectivity index (χ2v) is 4.69. The maximum atomic E-state index is 10.6. The summed E-state index contributed by atoms with van der Waals surface area (Å²) in [5, 5.41) is 8.74. The lowest BCUT2D eigenvalue weighted by atomic mass is 10.1. The van der Waals surface area contributed by atoms with Crippen LogP contribution in [0.5, 0.6) is 0 Å². The highest BCUT2D eigenvalue weighted by molar-refractivity contribution is 5.72. The standard InChI is InChI=1S/C12H24N2O3/c1-3-9-7-14(8-10(4-2)17-9)6-5-11(13)12(15)16/h9-11H,3-8,13H2,1-2H3,(H,15,16). The largest absolute Gasteiger partial charge is 0.480 e. The van der Waals surface area contributed by atoms with Gasteiger partial charge in [0.15, 0.2) is 0 Å². The maximum absolute atomic E-state index is 10.6. The van der Waals surface area contributed by atoms with E-state index in [0.717, 1.165) is 32.5 Å². The highest BCUT2D eigenvalue weighted by Gasteiger charge is 2.26. The van der Waals surface area contributed by atoms with Crippen molar-refractivity contribution in [3.05, 3.63) is 0 Å². The van der Waals surface area contributed by atoms with Crippen LogP contribution in [0.1, 0.15) is 33.1 Å². The molecule has 0 aliphatic carbocycles. The van der Waals surface area contributed by atoms with Crippen LogP contribution >= 0.6 is 0 Å². The summed E-state index contributed by atoms with van der Waals surface area (Å²) in [5.41, 5.74) is 5.51. The molecule has 1 fully saturated rings. The van der Waals surface area contributed by atoms with Crippen molar-refractivity contribution in [1.82, 2.24) is 4.90 Å². The molecule has 1 aliphatic heterocycles. The summed E-state index contributed by atoms with van der Waals surface area (Å²) in [7, 11) is 0. The number of aliphatic carboxylic acids is 1. The topological polar surface area (TPSA) is 75.8 Å². The number of carbonyl (C=O) groups is 1. The summed E-state index contributed by atoms with van der Waals surface area (Å²) in [5.74, 6) is -0.919. The van der Waals surface area contributed by atoms with E-state index in [1.54, 1.807) is 0 Å². The van der Waals surface area contributed by atoms with Crippen molar-refractivity contribution in [3.63, 3.8) is 0 Å². The maximum Gasteiger partial charge on any atom is 0.320 e. The number of nitrogens with two attached hydrogens (primary N) is 1. The summed E-state index contributed by atoms with van der Waals surface area (Å²) in [6, 6.07) is -0.752. The van der Waals surface area contributed by atoms with Gasteiger partial charge in [0.1, 0.15) is 6.04 Å². The smallest absolute Gasteiger partial charge is 0.320 e. The summed E-state index contributed by atoms with van der Waals surface area (Å²) in [4.78, 5) is 12.9. The van der Waals surface area contributed by atoms with Crippen LogP contribution in [-0.4, -0.2) is 53.9 Å². The minimum atomic E-state index is -0.919. The second-order valence-electron chi connectivity index (χ2n) is 4.69. The average Bonchev–Trinajstić information content (AvgIpc) is 2.35. The summed E-state index contributed by atoms with van der Waals surface area (Å²) >= 11 is 0. The molecule has 0 bridgehead atoms. The Balaban J connectivity index is 2.38. The minimum absolute atomic E-state index is 0.273. The third-order valence-corrected chi connectivity index (χ3v) is 3.29. The molecule has 3 unspecified atom stereocenters. The molecule has 1 rings (SSSR count). The van der Waals surface area contributed by atoms with Crippen LogP contribution in [0.2, 0.25) is 0 Å². The molecule has 0 aromatic carbocycles. The molecule has 1 aliphatic rings. The van der Waals surface area contributed by atoms with Gasteiger partial charge in [-0.05, 0) is 19.3 Å². The van der Waals surface area contributed by atoms with E-state index in [1.807, 2.05) is 0 Å². The van der Waals surface area contributed by atoms with Gasteiger partial charge in [0.25, 0.3) is 0 Å². The Morgan fingerprint density at radius 3 is 2.35 bits per heavy atom. The van der Waals surface area contributed by atoms with E-state index in [9.17, 15) is 4.79 Å². The zero-order chi connectivity index (χ0) is 12.8. The Labute approximate surface area is 103 Å². The number of morpholine rings is 1. The SMILES string of the molecule is CCC1CN(CCC(N)C(=O)O)CC(CC)O1. The third kappa shape index (κ3) is 4.61. The first-order chi connectivity index (χ1) is 8.06. The number of ether oxygens (including phenoxy) is 1. The zero-order valence-electron chi connectivity index (χ0n) is 10.8. The molecule has 0 aromatic rings. The van der Waals surface area contributed by atoms with Crippen LogP contribution in [0.15, 0.2) is 0 Å². The molecule has 1 saturated heterocycles. The molecule has 3 atom stereocenters. The third-order valence-electron chi connectivity index (χ3n) is 3.29. The van der Waals surface area contributed by atoms with Crippen molar-refractivity contribution >= 4 is 5.97 Å². The molecule has 17 heavy (non-hydrogen) atoms. The zero-order valence-corrected chi connectivity index (χ0v) is 10.8. The van der Waals surface area contributed by atoms with Crippen LogP contribution in [0.25, 0.3) is 0 Å². The number of carboxylic acids is 1. The Kier molecular flexibility index (Phi) is 5.88. The molecule has 3 N–H and O–H groups in total. The number of hydrogen-bond acceptors (Lipinski definition) is 4.